The van der Waals surface area contributed by atoms with E-state index in [1.807, 2.05) is 6.92 Å². The van der Waals surface area contributed by atoms with Crippen molar-refractivity contribution in [2.45, 2.75) is 20.3 Å². The fraction of sp³-hybridized carbons (Fsp3) is 0.286. The highest BCUT2D eigenvalue weighted by Gasteiger charge is 2.23. The summed E-state index contributed by atoms with van der Waals surface area (Å²) in [7, 11) is 1.72. The van der Waals surface area contributed by atoms with Crippen molar-refractivity contribution in [3.63, 3.8) is 0 Å². The maximum atomic E-state index is 15.0. The minimum atomic E-state index is -0.923. The van der Waals surface area contributed by atoms with Gasteiger partial charge in [0, 0.05) is 37.3 Å². The first-order valence-electron chi connectivity index (χ1n) is 9.45. The summed E-state index contributed by atoms with van der Waals surface area (Å²) in [5, 5.41) is 2.90. The molecule has 9 heteroatoms. The van der Waals surface area contributed by atoms with Crippen molar-refractivity contribution < 1.29 is 13.6 Å². The average Bonchev–Trinajstić information content (AvgIpc) is 2.69. The van der Waals surface area contributed by atoms with Gasteiger partial charge in [-0.15, -0.1) is 0 Å². The first-order chi connectivity index (χ1) is 14.3. The van der Waals surface area contributed by atoms with Gasteiger partial charge >= 0.3 is 0 Å². The Morgan fingerprint density at radius 1 is 1.37 bits per heavy atom. The van der Waals surface area contributed by atoms with Crippen molar-refractivity contribution in [3.8, 4) is 0 Å². The van der Waals surface area contributed by atoms with E-state index in [-0.39, 0.29) is 17.8 Å². The van der Waals surface area contributed by atoms with Gasteiger partial charge in [-0.25, -0.2) is 8.78 Å². The van der Waals surface area contributed by atoms with Crippen LogP contribution in [0.2, 0.25) is 0 Å². The third kappa shape index (κ3) is 5.43. The van der Waals surface area contributed by atoms with E-state index >= 15 is 0 Å². The van der Waals surface area contributed by atoms with E-state index in [1.165, 1.54) is 30.4 Å². The van der Waals surface area contributed by atoms with E-state index in [1.54, 1.807) is 30.9 Å². The van der Waals surface area contributed by atoms with Gasteiger partial charge in [0.2, 0.25) is 5.78 Å². The molecule has 2 aromatic rings. The van der Waals surface area contributed by atoms with Crippen LogP contribution in [-0.4, -0.2) is 27.9 Å². The largest absolute Gasteiger partial charge is 0.404 e. The van der Waals surface area contributed by atoms with Crippen LogP contribution in [0.5, 0.6) is 0 Å². The summed E-state index contributed by atoms with van der Waals surface area (Å²) in [6.07, 6.45) is 5.45. The number of aryl methyl sites for hydroxylation is 2. The van der Waals surface area contributed by atoms with Gasteiger partial charge in [-0.2, -0.15) is 0 Å². The van der Waals surface area contributed by atoms with Crippen LogP contribution in [0.4, 0.5) is 14.5 Å². The molecule has 0 aliphatic rings. The Morgan fingerprint density at radius 2 is 2.10 bits per heavy atom. The summed E-state index contributed by atoms with van der Waals surface area (Å²) >= 11 is 1.29. The van der Waals surface area contributed by atoms with Gasteiger partial charge in [-0.3, -0.25) is 9.48 Å². The molecule has 0 saturated carbocycles. The van der Waals surface area contributed by atoms with Gasteiger partial charge < -0.3 is 21.3 Å². The number of aromatic amines is 1. The summed E-state index contributed by atoms with van der Waals surface area (Å²) in [4.78, 5) is 13.2. The van der Waals surface area contributed by atoms with Crippen molar-refractivity contribution >= 4 is 29.0 Å². The number of benzene rings is 1. The number of H-pyrrole nitrogens is 1. The molecule has 0 radical (unpaired) electrons. The summed E-state index contributed by atoms with van der Waals surface area (Å²) in [6, 6.07) is 4.08. The summed E-state index contributed by atoms with van der Waals surface area (Å²) in [6.45, 7) is 3.87. The maximum Gasteiger partial charge on any atom is 0.200 e. The molecule has 0 saturated heterocycles. The van der Waals surface area contributed by atoms with Gasteiger partial charge in [0.1, 0.15) is 5.82 Å². The van der Waals surface area contributed by atoms with Gasteiger partial charge in [-0.1, -0.05) is 18.9 Å². The second-order valence-corrected chi connectivity index (χ2v) is 7.57. The van der Waals surface area contributed by atoms with Crippen LogP contribution in [0.1, 0.15) is 40.4 Å². The molecule has 0 spiro atoms. The Hall–Kier alpha value is -2.78. The van der Waals surface area contributed by atoms with E-state index in [4.69, 9.17) is 11.5 Å². The first kappa shape index (κ1) is 23.5. The molecular formula is C21H27F2N5OS. The van der Waals surface area contributed by atoms with Crippen LogP contribution in [-0.2, 0) is 7.05 Å². The van der Waals surface area contributed by atoms with Crippen molar-refractivity contribution in [3.05, 3.63) is 70.7 Å². The lowest BCUT2D eigenvalue weighted by Gasteiger charge is -2.12. The van der Waals surface area contributed by atoms with E-state index in [2.05, 4.69) is 9.82 Å². The standard InChI is InChI=1S/C21H27F2N5OS/c1-4-7-30-27-18-6-5-17(22)19(20(18)23)21(29)16-11-26-28(3)12-14(8-13(16)2)15(9-24)10-25/h5-6,8-9,11-12,26-27H,4,7,10,24-25H2,1-3H3/b13-8?,14-12?,15-9+,16-11?. The zero-order chi connectivity index (χ0) is 22.3. The quantitative estimate of drug-likeness (QED) is 0.285. The molecular weight excluding hydrogens is 408 g/mol. The highest BCUT2D eigenvalue weighted by atomic mass is 32.2. The predicted octanol–water partition coefficient (Wildman–Crippen LogP) is 4.02. The lowest BCUT2D eigenvalue weighted by atomic mass is 9.98. The number of nitrogens with two attached hydrogens (primary N) is 2. The Morgan fingerprint density at radius 3 is 2.73 bits per heavy atom. The molecule has 0 fully saturated rings. The van der Waals surface area contributed by atoms with Crippen molar-refractivity contribution in [1.29, 1.82) is 0 Å². The number of carbonyl (C=O) groups is 1. The smallest absolute Gasteiger partial charge is 0.200 e. The molecule has 1 heterocycles. The highest BCUT2D eigenvalue weighted by Crippen LogP contribution is 2.26. The van der Waals surface area contributed by atoms with Gasteiger partial charge in [0.05, 0.1) is 11.3 Å². The Bertz CT molecular complexity index is 996. The monoisotopic (exact) mass is 435 g/mol. The number of hydrogen-bond donors (Lipinski definition) is 4. The number of anilines is 1. The number of carbonyl (C=O) groups excluding carboxylic acids is 1. The number of ketones is 1. The van der Waals surface area contributed by atoms with Crippen LogP contribution in [0.25, 0.3) is 5.57 Å². The number of halogens is 2. The maximum absolute atomic E-state index is 15.0. The molecule has 2 rings (SSSR count). The van der Waals surface area contributed by atoms with Crippen molar-refractivity contribution in [2.75, 3.05) is 17.0 Å². The molecule has 162 valence electrons. The summed E-state index contributed by atoms with van der Waals surface area (Å²) in [5.74, 6) is -1.87. The zero-order valence-electron chi connectivity index (χ0n) is 17.3. The SMILES string of the molecule is CCCSNc1ccc(F)c(C(=O)c2c[nH]n(C)cc(/C(=C/N)CN)cc2C)c1F. The fourth-order valence-corrected chi connectivity index (χ4v) is 3.40. The molecule has 6 nitrogen and oxygen atoms in total. The second-order valence-electron chi connectivity index (χ2n) is 6.67. The molecule has 0 amide bonds. The molecule has 0 aliphatic carbocycles. The molecule has 0 atom stereocenters. The van der Waals surface area contributed by atoms with Gasteiger partial charge in [0.25, 0.3) is 0 Å². The van der Waals surface area contributed by atoms with Crippen LogP contribution >= 0.6 is 11.9 Å². The Labute approximate surface area is 179 Å². The normalized spacial score (nSPS) is 11.3. The molecule has 0 unspecified atom stereocenters. The second kappa shape index (κ2) is 10.8. The lowest BCUT2D eigenvalue weighted by Crippen LogP contribution is -2.12. The van der Waals surface area contributed by atoms with Crippen molar-refractivity contribution in [1.82, 2.24) is 9.78 Å². The molecule has 0 bridgehead atoms. The Kier molecular flexibility index (Phi) is 8.49. The van der Waals surface area contributed by atoms with Crippen LogP contribution in [0.3, 0.4) is 0 Å². The minimum absolute atomic E-state index is 0.0634. The highest BCUT2D eigenvalue weighted by molar-refractivity contribution is 8.00. The van der Waals surface area contributed by atoms with Crippen LogP contribution < -0.4 is 16.2 Å². The van der Waals surface area contributed by atoms with Crippen LogP contribution in [0.15, 0.2) is 36.8 Å². The molecule has 1 aromatic carbocycles. The zero-order valence-corrected chi connectivity index (χ0v) is 18.1. The number of rotatable bonds is 8. The molecule has 1 aromatic heterocycles. The van der Waals surface area contributed by atoms with E-state index in [0.717, 1.165) is 18.2 Å². The lowest BCUT2D eigenvalue weighted by molar-refractivity contribution is 0.103. The molecule has 0 aliphatic heterocycles. The minimum Gasteiger partial charge on any atom is -0.404 e. The predicted molar refractivity (Wildman–Crippen MR) is 120 cm³/mol. The number of nitrogens with one attached hydrogen (secondary N) is 2. The Balaban J connectivity index is 2.61. The van der Waals surface area contributed by atoms with Gasteiger partial charge in [-0.05, 0) is 54.4 Å². The third-order valence-corrected chi connectivity index (χ3v) is 5.36. The first-order valence-corrected chi connectivity index (χ1v) is 10.4. The summed E-state index contributed by atoms with van der Waals surface area (Å²) < 4.78 is 33.9. The number of aromatic nitrogens is 2. The molecule has 30 heavy (non-hydrogen) atoms. The number of nitrogens with zero attached hydrogens (tertiary/aromatic N) is 1. The fourth-order valence-electron chi connectivity index (χ4n) is 2.78. The average molecular weight is 436 g/mol. The van der Waals surface area contributed by atoms with E-state index in [9.17, 15) is 13.6 Å². The molecule has 6 N–H and O–H groups in total. The third-order valence-electron chi connectivity index (χ3n) is 4.39. The van der Waals surface area contributed by atoms with E-state index in [0.29, 0.717) is 16.7 Å². The van der Waals surface area contributed by atoms with Crippen LogP contribution in [0, 0.1) is 18.6 Å². The topological polar surface area (TPSA) is 102 Å². The van der Waals surface area contributed by atoms with E-state index < -0.39 is 23.0 Å². The van der Waals surface area contributed by atoms with Gasteiger partial charge in [0.15, 0.2) is 5.82 Å². The number of hydrogen-bond acceptors (Lipinski definition) is 5. The van der Waals surface area contributed by atoms with Crippen molar-refractivity contribution in [2.24, 2.45) is 18.5 Å². The summed E-state index contributed by atoms with van der Waals surface area (Å²) in [5.41, 5.74) is 12.8.